The van der Waals surface area contributed by atoms with Crippen molar-refractivity contribution < 1.29 is 14.7 Å². The van der Waals surface area contributed by atoms with E-state index in [2.05, 4.69) is 0 Å². The SMILES string of the molecule is CSc1ccccc1/C=C1\SC(=S)N(CCCC(=O)O)C1=O. The number of hydrogen-bond donors (Lipinski definition) is 1. The van der Waals surface area contributed by atoms with E-state index in [-0.39, 0.29) is 12.3 Å². The van der Waals surface area contributed by atoms with Crippen LogP contribution in [0.25, 0.3) is 6.08 Å². The maximum atomic E-state index is 12.4. The molecule has 0 spiro atoms. The second-order valence-electron chi connectivity index (χ2n) is 4.57. The number of carbonyl (C=O) groups is 2. The van der Waals surface area contributed by atoms with Gasteiger partial charge in [-0.15, -0.1) is 11.8 Å². The summed E-state index contributed by atoms with van der Waals surface area (Å²) in [7, 11) is 0. The molecular formula is C15H15NO3S3. The molecule has 0 bridgehead atoms. The number of carbonyl (C=O) groups excluding carboxylic acids is 1. The molecule has 1 saturated heterocycles. The zero-order chi connectivity index (χ0) is 16.1. The lowest BCUT2D eigenvalue weighted by molar-refractivity contribution is -0.137. The summed E-state index contributed by atoms with van der Waals surface area (Å²) in [5.41, 5.74) is 0.987. The van der Waals surface area contributed by atoms with Crippen LogP contribution in [0, 0.1) is 0 Å². The van der Waals surface area contributed by atoms with Crippen LogP contribution in [0.4, 0.5) is 0 Å². The molecule has 0 aromatic heterocycles. The van der Waals surface area contributed by atoms with Gasteiger partial charge in [0, 0.05) is 17.9 Å². The summed E-state index contributed by atoms with van der Waals surface area (Å²) in [4.78, 5) is 26.1. The van der Waals surface area contributed by atoms with E-state index in [9.17, 15) is 9.59 Å². The van der Waals surface area contributed by atoms with E-state index >= 15 is 0 Å². The number of amides is 1. The van der Waals surface area contributed by atoms with Gasteiger partial charge < -0.3 is 5.11 Å². The smallest absolute Gasteiger partial charge is 0.303 e. The quantitative estimate of drug-likeness (QED) is 0.480. The third-order valence-corrected chi connectivity index (χ3v) is 5.26. The van der Waals surface area contributed by atoms with E-state index in [0.29, 0.717) is 22.2 Å². The number of nitrogens with zero attached hydrogens (tertiary/aromatic N) is 1. The first kappa shape index (κ1) is 17.1. The molecule has 0 aliphatic carbocycles. The zero-order valence-corrected chi connectivity index (χ0v) is 14.4. The average Bonchev–Trinajstić information content (AvgIpc) is 2.75. The molecule has 1 aliphatic heterocycles. The molecule has 0 radical (unpaired) electrons. The highest BCUT2D eigenvalue weighted by atomic mass is 32.2. The summed E-state index contributed by atoms with van der Waals surface area (Å²) in [6.07, 6.45) is 4.27. The van der Waals surface area contributed by atoms with E-state index in [4.69, 9.17) is 17.3 Å². The monoisotopic (exact) mass is 353 g/mol. The molecule has 0 saturated carbocycles. The predicted molar refractivity (Wildman–Crippen MR) is 95.0 cm³/mol. The highest BCUT2D eigenvalue weighted by Gasteiger charge is 2.31. The van der Waals surface area contributed by atoms with E-state index in [1.54, 1.807) is 11.8 Å². The van der Waals surface area contributed by atoms with Crippen LogP contribution in [0.1, 0.15) is 18.4 Å². The summed E-state index contributed by atoms with van der Waals surface area (Å²) >= 11 is 8.11. The number of carboxylic acids is 1. The molecule has 116 valence electrons. The molecule has 1 fully saturated rings. The van der Waals surface area contributed by atoms with Crippen LogP contribution in [0.5, 0.6) is 0 Å². The Labute approximate surface area is 143 Å². The van der Waals surface area contributed by atoms with Gasteiger partial charge in [0.25, 0.3) is 5.91 Å². The second-order valence-corrected chi connectivity index (χ2v) is 7.10. The second kappa shape index (κ2) is 7.80. The van der Waals surface area contributed by atoms with Gasteiger partial charge in [0.1, 0.15) is 4.32 Å². The topological polar surface area (TPSA) is 57.6 Å². The average molecular weight is 353 g/mol. The van der Waals surface area contributed by atoms with Crippen molar-refractivity contribution in [3.05, 3.63) is 34.7 Å². The van der Waals surface area contributed by atoms with Crippen molar-refractivity contribution in [1.82, 2.24) is 4.90 Å². The van der Waals surface area contributed by atoms with E-state index in [1.165, 1.54) is 16.7 Å². The Kier molecular flexibility index (Phi) is 6.05. The fraction of sp³-hybridized carbons (Fsp3) is 0.267. The summed E-state index contributed by atoms with van der Waals surface area (Å²) in [5, 5.41) is 8.67. The van der Waals surface area contributed by atoms with Crippen LogP contribution in [0.15, 0.2) is 34.1 Å². The van der Waals surface area contributed by atoms with Gasteiger partial charge in [-0.2, -0.15) is 0 Å². The third kappa shape index (κ3) is 4.12. The van der Waals surface area contributed by atoms with Crippen LogP contribution in [0.2, 0.25) is 0 Å². The lowest BCUT2D eigenvalue weighted by atomic mass is 10.2. The van der Waals surface area contributed by atoms with Crippen molar-refractivity contribution in [2.24, 2.45) is 0 Å². The molecular weight excluding hydrogens is 338 g/mol. The first-order chi connectivity index (χ1) is 10.5. The fourth-order valence-corrected chi connectivity index (χ4v) is 3.88. The lowest BCUT2D eigenvalue weighted by Gasteiger charge is -2.13. The van der Waals surface area contributed by atoms with Crippen molar-refractivity contribution in [2.75, 3.05) is 12.8 Å². The maximum Gasteiger partial charge on any atom is 0.303 e. The minimum Gasteiger partial charge on any atom is -0.481 e. The zero-order valence-electron chi connectivity index (χ0n) is 11.9. The molecule has 0 unspecified atom stereocenters. The molecule has 1 amide bonds. The molecule has 0 atom stereocenters. The van der Waals surface area contributed by atoms with E-state index in [0.717, 1.165) is 10.5 Å². The van der Waals surface area contributed by atoms with Crippen LogP contribution in [-0.4, -0.2) is 39.0 Å². The molecule has 7 heteroatoms. The summed E-state index contributed by atoms with van der Waals surface area (Å²) in [5.74, 6) is -1.01. The van der Waals surface area contributed by atoms with Crippen molar-refractivity contribution >= 4 is 58.0 Å². The minimum atomic E-state index is -0.866. The number of rotatable bonds is 6. The number of thioether (sulfide) groups is 2. The molecule has 2 rings (SSSR count). The molecule has 1 N–H and O–H groups in total. The number of carboxylic acid groups (broad SMARTS) is 1. The Morgan fingerprint density at radius 3 is 2.86 bits per heavy atom. The minimum absolute atomic E-state index is 0.0332. The first-order valence-corrected chi connectivity index (χ1v) is 9.08. The van der Waals surface area contributed by atoms with Gasteiger partial charge in [-0.1, -0.05) is 42.2 Å². The van der Waals surface area contributed by atoms with Gasteiger partial charge in [-0.25, -0.2) is 0 Å². The van der Waals surface area contributed by atoms with Crippen LogP contribution in [0.3, 0.4) is 0 Å². The molecule has 1 aromatic rings. The Balaban J connectivity index is 2.13. The normalized spacial score (nSPS) is 16.6. The van der Waals surface area contributed by atoms with Gasteiger partial charge in [0.2, 0.25) is 0 Å². The lowest BCUT2D eigenvalue weighted by Crippen LogP contribution is -2.29. The summed E-state index contributed by atoms with van der Waals surface area (Å²) in [6.45, 7) is 0.346. The van der Waals surface area contributed by atoms with Crippen molar-refractivity contribution in [3.63, 3.8) is 0 Å². The molecule has 1 aliphatic rings. The van der Waals surface area contributed by atoms with Gasteiger partial charge in [0.05, 0.1) is 4.91 Å². The molecule has 22 heavy (non-hydrogen) atoms. The van der Waals surface area contributed by atoms with E-state index < -0.39 is 5.97 Å². The molecule has 1 heterocycles. The van der Waals surface area contributed by atoms with Crippen LogP contribution < -0.4 is 0 Å². The largest absolute Gasteiger partial charge is 0.481 e. The highest BCUT2D eigenvalue weighted by Crippen LogP contribution is 2.34. The Bertz CT molecular complexity index is 643. The van der Waals surface area contributed by atoms with Crippen LogP contribution in [-0.2, 0) is 9.59 Å². The molecule has 4 nitrogen and oxygen atoms in total. The summed E-state index contributed by atoms with van der Waals surface area (Å²) in [6, 6.07) is 7.85. The van der Waals surface area contributed by atoms with Crippen molar-refractivity contribution in [3.8, 4) is 0 Å². The highest BCUT2D eigenvalue weighted by molar-refractivity contribution is 8.26. The molecule has 1 aromatic carbocycles. The fourth-order valence-electron chi connectivity index (χ4n) is 2.01. The number of aliphatic carboxylic acids is 1. The number of thiocarbonyl (C=S) groups is 1. The van der Waals surface area contributed by atoms with E-state index in [1.807, 2.05) is 36.6 Å². The van der Waals surface area contributed by atoms with Gasteiger partial charge in [-0.3, -0.25) is 14.5 Å². The van der Waals surface area contributed by atoms with Gasteiger partial charge in [-0.05, 0) is 30.4 Å². The summed E-state index contributed by atoms with van der Waals surface area (Å²) < 4.78 is 0.489. The predicted octanol–water partition coefficient (Wildman–Crippen LogP) is 3.47. The Morgan fingerprint density at radius 1 is 1.45 bits per heavy atom. The van der Waals surface area contributed by atoms with Gasteiger partial charge in [0.15, 0.2) is 0 Å². The standard InChI is InChI=1S/C15H15NO3S3/c1-21-11-6-3-2-5-10(11)9-12-14(19)16(15(20)22-12)8-4-7-13(17)18/h2-3,5-6,9H,4,7-8H2,1H3,(H,17,18)/b12-9-. The maximum absolute atomic E-state index is 12.4. The van der Waals surface area contributed by atoms with Crippen molar-refractivity contribution in [2.45, 2.75) is 17.7 Å². The Hall–Kier alpha value is -1.31. The van der Waals surface area contributed by atoms with Gasteiger partial charge >= 0.3 is 5.97 Å². The Morgan fingerprint density at radius 2 is 2.18 bits per heavy atom. The number of hydrogen-bond acceptors (Lipinski definition) is 5. The first-order valence-electron chi connectivity index (χ1n) is 6.63. The van der Waals surface area contributed by atoms with Crippen molar-refractivity contribution in [1.29, 1.82) is 0 Å². The third-order valence-electron chi connectivity index (χ3n) is 3.07. The number of benzene rings is 1. The van der Waals surface area contributed by atoms with Crippen LogP contribution >= 0.6 is 35.7 Å².